The number of hydrogen-bond acceptors (Lipinski definition) is 6. The van der Waals surface area contributed by atoms with E-state index in [2.05, 4.69) is 62.7 Å². The van der Waals surface area contributed by atoms with Crippen molar-refractivity contribution in [3.05, 3.63) is 41.1 Å². The molecule has 2 saturated heterocycles. The first-order valence-electron chi connectivity index (χ1n) is 10.3. The second-order valence-electron chi connectivity index (χ2n) is 7.76. The highest BCUT2D eigenvalue weighted by atomic mass is 32.1. The first-order chi connectivity index (χ1) is 13.8. The fourth-order valence-corrected chi connectivity index (χ4v) is 5.13. The minimum absolute atomic E-state index is 0.636. The Morgan fingerprint density at radius 2 is 1.89 bits per heavy atom. The zero-order valence-electron chi connectivity index (χ0n) is 16.4. The first kappa shape index (κ1) is 18.0. The number of benzene rings is 1. The number of fused-ring (bicyclic) bond motifs is 1. The summed E-state index contributed by atoms with van der Waals surface area (Å²) in [5.41, 5.74) is 2.15. The van der Waals surface area contributed by atoms with Gasteiger partial charge in [0.1, 0.15) is 5.82 Å². The highest BCUT2D eigenvalue weighted by molar-refractivity contribution is 7.08. The molecule has 0 radical (unpaired) electrons. The van der Waals surface area contributed by atoms with Crippen LogP contribution in [0.1, 0.15) is 13.3 Å². The third-order valence-electron chi connectivity index (χ3n) is 6.20. The largest absolute Gasteiger partial charge is 0.354 e. The third kappa shape index (κ3) is 3.41. The summed E-state index contributed by atoms with van der Waals surface area (Å²) in [5, 5.41) is 5.39. The molecule has 2 aliphatic heterocycles. The van der Waals surface area contributed by atoms with Gasteiger partial charge in [0.05, 0.1) is 5.52 Å². The van der Waals surface area contributed by atoms with Gasteiger partial charge in [-0.1, -0.05) is 19.1 Å². The molecule has 2 aliphatic rings. The van der Waals surface area contributed by atoms with Crippen LogP contribution >= 0.6 is 11.3 Å². The standard InChI is InChI=1S/C22H27N5S/c1-2-25-10-12-26(13-11-25)18-7-9-27(15-18)22-19-5-3-4-6-20(19)23-21(24-22)17-8-14-28-16-17/h3-6,8,14,16,18H,2,7,9-13,15H2,1H3. The molecule has 0 spiro atoms. The Balaban J connectivity index is 1.42. The van der Waals surface area contributed by atoms with Gasteiger partial charge in [-0.2, -0.15) is 11.3 Å². The van der Waals surface area contributed by atoms with Crippen molar-refractivity contribution < 1.29 is 0 Å². The van der Waals surface area contributed by atoms with E-state index in [-0.39, 0.29) is 0 Å². The lowest BCUT2D eigenvalue weighted by molar-refractivity contribution is 0.107. The van der Waals surface area contributed by atoms with Gasteiger partial charge in [-0.15, -0.1) is 0 Å². The third-order valence-corrected chi connectivity index (χ3v) is 6.88. The summed E-state index contributed by atoms with van der Waals surface area (Å²) in [6, 6.07) is 11.2. The van der Waals surface area contributed by atoms with Crippen molar-refractivity contribution in [1.82, 2.24) is 19.8 Å². The van der Waals surface area contributed by atoms with Gasteiger partial charge >= 0.3 is 0 Å². The Kier molecular flexibility index (Phi) is 5.01. The van der Waals surface area contributed by atoms with Gasteiger partial charge in [0.15, 0.2) is 5.82 Å². The topological polar surface area (TPSA) is 35.5 Å². The van der Waals surface area contributed by atoms with Crippen molar-refractivity contribution >= 4 is 28.1 Å². The van der Waals surface area contributed by atoms with E-state index < -0.39 is 0 Å². The fourth-order valence-electron chi connectivity index (χ4n) is 4.50. The second kappa shape index (κ2) is 7.78. The lowest BCUT2D eigenvalue weighted by Crippen LogP contribution is -2.50. The normalized spacial score (nSPS) is 21.6. The van der Waals surface area contributed by atoms with Gasteiger partial charge in [-0.25, -0.2) is 9.97 Å². The van der Waals surface area contributed by atoms with Crippen LogP contribution in [-0.2, 0) is 0 Å². The summed E-state index contributed by atoms with van der Waals surface area (Å²) in [5.74, 6) is 1.94. The van der Waals surface area contributed by atoms with Gasteiger partial charge in [0, 0.05) is 61.6 Å². The van der Waals surface area contributed by atoms with E-state index in [1.807, 2.05) is 0 Å². The minimum Gasteiger partial charge on any atom is -0.354 e. The van der Waals surface area contributed by atoms with E-state index in [9.17, 15) is 0 Å². The van der Waals surface area contributed by atoms with Gasteiger partial charge in [-0.05, 0) is 36.5 Å². The molecule has 6 heteroatoms. The summed E-state index contributed by atoms with van der Waals surface area (Å²) >= 11 is 1.69. The molecule has 0 saturated carbocycles. The van der Waals surface area contributed by atoms with Crippen LogP contribution < -0.4 is 4.90 Å². The quantitative estimate of drug-likeness (QED) is 0.677. The lowest BCUT2D eigenvalue weighted by Gasteiger charge is -2.37. The Labute approximate surface area is 170 Å². The van der Waals surface area contributed by atoms with Crippen LogP contribution in [0.4, 0.5) is 5.82 Å². The van der Waals surface area contributed by atoms with Crippen molar-refractivity contribution in [1.29, 1.82) is 0 Å². The molecule has 0 amide bonds. The van der Waals surface area contributed by atoms with Crippen LogP contribution in [0, 0.1) is 0 Å². The second-order valence-corrected chi connectivity index (χ2v) is 8.54. The molecule has 1 aromatic carbocycles. The molecule has 0 N–H and O–H groups in total. The van der Waals surface area contributed by atoms with E-state index in [4.69, 9.17) is 9.97 Å². The summed E-state index contributed by atoms with van der Waals surface area (Å²) in [6.07, 6.45) is 1.22. The number of likely N-dealkylation sites (N-methyl/N-ethyl adjacent to an activating group) is 1. The van der Waals surface area contributed by atoms with Gasteiger partial charge in [0.25, 0.3) is 0 Å². The smallest absolute Gasteiger partial charge is 0.162 e. The molecule has 0 aliphatic carbocycles. The SMILES string of the molecule is CCN1CCN(C2CCN(c3nc(-c4ccsc4)nc4ccccc34)C2)CC1. The number of anilines is 1. The Hall–Kier alpha value is -2.02. The molecule has 28 heavy (non-hydrogen) atoms. The molecule has 2 aromatic heterocycles. The Morgan fingerprint density at radius 1 is 1.04 bits per heavy atom. The number of thiophene rings is 1. The Morgan fingerprint density at radius 3 is 2.68 bits per heavy atom. The van der Waals surface area contributed by atoms with Crippen LogP contribution in [0.15, 0.2) is 41.1 Å². The Bertz CT molecular complexity index is 933. The average Bonchev–Trinajstić information content (AvgIpc) is 3.45. The van der Waals surface area contributed by atoms with Gasteiger partial charge in [0.2, 0.25) is 0 Å². The van der Waals surface area contributed by atoms with Crippen molar-refractivity contribution in [3.8, 4) is 11.4 Å². The highest BCUT2D eigenvalue weighted by Crippen LogP contribution is 2.31. The maximum Gasteiger partial charge on any atom is 0.162 e. The molecule has 5 nitrogen and oxygen atoms in total. The van der Waals surface area contributed by atoms with Crippen molar-refractivity contribution in [2.75, 3.05) is 50.7 Å². The summed E-state index contributed by atoms with van der Waals surface area (Å²) in [4.78, 5) is 17.6. The number of nitrogens with zero attached hydrogens (tertiary/aromatic N) is 5. The van der Waals surface area contributed by atoms with Crippen LogP contribution in [0.5, 0.6) is 0 Å². The average molecular weight is 394 g/mol. The van der Waals surface area contributed by atoms with Crippen LogP contribution in [0.2, 0.25) is 0 Å². The molecule has 2 fully saturated rings. The maximum atomic E-state index is 5.03. The number of aromatic nitrogens is 2. The van der Waals surface area contributed by atoms with Crippen LogP contribution in [0.25, 0.3) is 22.3 Å². The zero-order valence-corrected chi connectivity index (χ0v) is 17.2. The number of hydrogen-bond donors (Lipinski definition) is 0. The molecule has 146 valence electrons. The van der Waals surface area contributed by atoms with E-state index in [1.165, 1.54) is 39.1 Å². The number of para-hydroxylation sites is 1. The van der Waals surface area contributed by atoms with Crippen molar-refractivity contribution in [2.24, 2.45) is 0 Å². The lowest BCUT2D eigenvalue weighted by atomic mass is 10.2. The van der Waals surface area contributed by atoms with E-state index in [0.717, 1.165) is 41.2 Å². The van der Waals surface area contributed by atoms with Crippen molar-refractivity contribution in [2.45, 2.75) is 19.4 Å². The van der Waals surface area contributed by atoms with E-state index >= 15 is 0 Å². The maximum absolute atomic E-state index is 5.03. The molecular weight excluding hydrogens is 366 g/mol. The number of piperazine rings is 1. The van der Waals surface area contributed by atoms with Crippen LogP contribution in [0.3, 0.4) is 0 Å². The molecular formula is C22H27N5S. The molecule has 5 rings (SSSR count). The fraction of sp³-hybridized carbons (Fsp3) is 0.455. The molecule has 3 aromatic rings. The number of rotatable bonds is 4. The van der Waals surface area contributed by atoms with Crippen molar-refractivity contribution in [3.63, 3.8) is 0 Å². The molecule has 1 atom stereocenters. The molecule has 1 unspecified atom stereocenters. The van der Waals surface area contributed by atoms with Gasteiger partial charge in [-0.3, -0.25) is 4.90 Å². The summed E-state index contributed by atoms with van der Waals surface area (Å²) in [7, 11) is 0. The predicted octanol–water partition coefficient (Wildman–Crippen LogP) is 3.57. The van der Waals surface area contributed by atoms with E-state index in [0.29, 0.717) is 6.04 Å². The predicted molar refractivity (Wildman–Crippen MR) is 117 cm³/mol. The van der Waals surface area contributed by atoms with Crippen LogP contribution in [-0.4, -0.2) is 71.6 Å². The zero-order chi connectivity index (χ0) is 18.9. The van der Waals surface area contributed by atoms with Gasteiger partial charge < -0.3 is 9.80 Å². The minimum atomic E-state index is 0.636. The highest BCUT2D eigenvalue weighted by Gasteiger charge is 2.31. The monoisotopic (exact) mass is 393 g/mol. The molecule has 0 bridgehead atoms. The summed E-state index contributed by atoms with van der Waals surface area (Å²) < 4.78 is 0. The summed E-state index contributed by atoms with van der Waals surface area (Å²) in [6.45, 7) is 10.4. The molecule has 4 heterocycles. The van der Waals surface area contributed by atoms with E-state index in [1.54, 1.807) is 11.3 Å². The first-order valence-corrected chi connectivity index (χ1v) is 11.3.